The zero-order valence-corrected chi connectivity index (χ0v) is 23.1. The van der Waals surface area contributed by atoms with E-state index in [-0.39, 0.29) is 27.4 Å². The van der Waals surface area contributed by atoms with E-state index in [0.29, 0.717) is 18.3 Å². The lowest BCUT2D eigenvalue weighted by molar-refractivity contribution is 0.0981. The standard InChI is InChI=1S/C28H35N5O3S/c1-18-14-15-33(28(18,5)6)25-22(26(34)32-37(35,36)24-9-7-8-23(29)31-24)16-20(17-30-25)19-10-12-21(13-11-19)27(2,3)4/h7-13,16-18H,14-15H2,1-6H3,(H2,29,31)(H,32,34). The number of rotatable bonds is 5. The van der Waals surface area contributed by atoms with E-state index in [9.17, 15) is 13.2 Å². The third-order valence-electron chi connectivity index (χ3n) is 7.39. The van der Waals surface area contributed by atoms with Crippen LogP contribution in [0.4, 0.5) is 11.6 Å². The number of aromatic nitrogens is 2. The topological polar surface area (TPSA) is 118 Å². The molecule has 1 fully saturated rings. The largest absolute Gasteiger partial charge is 0.384 e. The van der Waals surface area contributed by atoms with E-state index in [4.69, 9.17) is 10.7 Å². The van der Waals surface area contributed by atoms with Crippen LogP contribution in [0.3, 0.4) is 0 Å². The van der Waals surface area contributed by atoms with Crippen LogP contribution < -0.4 is 15.4 Å². The lowest BCUT2D eigenvalue weighted by Crippen LogP contribution is -2.43. The normalized spacial score (nSPS) is 17.6. The average Bonchev–Trinajstić information content (AvgIpc) is 3.10. The lowest BCUT2D eigenvalue weighted by atomic mass is 9.86. The van der Waals surface area contributed by atoms with Crippen molar-refractivity contribution in [1.29, 1.82) is 0 Å². The molecule has 196 valence electrons. The van der Waals surface area contributed by atoms with Crippen molar-refractivity contribution in [2.24, 2.45) is 5.92 Å². The van der Waals surface area contributed by atoms with Crippen LogP contribution >= 0.6 is 0 Å². The number of nitrogens with two attached hydrogens (primary N) is 1. The minimum absolute atomic E-state index is 0.00689. The first-order chi connectivity index (χ1) is 17.2. The number of nitrogens with one attached hydrogen (secondary N) is 1. The molecule has 0 spiro atoms. The SMILES string of the molecule is CC1CCN(c2ncc(-c3ccc(C(C)(C)C)cc3)cc2C(=O)NS(=O)(=O)c2cccc(N)n2)C1(C)C. The molecule has 37 heavy (non-hydrogen) atoms. The Morgan fingerprint density at radius 2 is 1.78 bits per heavy atom. The van der Waals surface area contributed by atoms with Gasteiger partial charge in [0.05, 0.1) is 5.56 Å². The zero-order valence-electron chi connectivity index (χ0n) is 22.2. The molecule has 1 aliphatic rings. The van der Waals surface area contributed by atoms with Crippen molar-refractivity contribution in [3.8, 4) is 11.1 Å². The number of sulfonamides is 1. The van der Waals surface area contributed by atoms with Crippen LogP contribution in [0.25, 0.3) is 11.1 Å². The Morgan fingerprint density at radius 1 is 1.11 bits per heavy atom. The fourth-order valence-corrected chi connectivity index (χ4v) is 5.52. The smallest absolute Gasteiger partial charge is 0.281 e. The van der Waals surface area contributed by atoms with Gasteiger partial charge in [-0.25, -0.2) is 14.7 Å². The second-order valence-electron chi connectivity index (χ2n) is 11.3. The second kappa shape index (κ2) is 9.45. The van der Waals surface area contributed by atoms with Crippen LogP contribution in [0.1, 0.15) is 63.9 Å². The first-order valence-corrected chi connectivity index (χ1v) is 13.9. The molecule has 0 aliphatic carbocycles. The highest BCUT2D eigenvalue weighted by Crippen LogP contribution is 2.39. The predicted molar refractivity (Wildman–Crippen MR) is 147 cm³/mol. The Labute approximate surface area is 219 Å². The number of nitrogens with zero attached hydrogens (tertiary/aromatic N) is 3. The van der Waals surface area contributed by atoms with Crippen molar-refractivity contribution in [3.63, 3.8) is 0 Å². The van der Waals surface area contributed by atoms with Crippen LogP contribution in [0.2, 0.25) is 0 Å². The van der Waals surface area contributed by atoms with Crippen molar-refractivity contribution < 1.29 is 13.2 Å². The van der Waals surface area contributed by atoms with Gasteiger partial charge in [-0.05, 0) is 60.9 Å². The summed E-state index contributed by atoms with van der Waals surface area (Å²) < 4.78 is 28.1. The molecule has 1 atom stereocenters. The molecule has 3 heterocycles. The van der Waals surface area contributed by atoms with Crippen LogP contribution in [0.15, 0.2) is 59.8 Å². The summed E-state index contributed by atoms with van der Waals surface area (Å²) in [6.07, 6.45) is 2.68. The molecule has 4 rings (SSSR count). The van der Waals surface area contributed by atoms with Gasteiger partial charge in [0.2, 0.25) is 0 Å². The molecule has 3 N–H and O–H groups in total. The summed E-state index contributed by atoms with van der Waals surface area (Å²) in [7, 11) is -4.25. The summed E-state index contributed by atoms with van der Waals surface area (Å²) in [5, 5.41) is -0.320. The molecule has 1 aromatic carbocycles. The molecule has 2 aromatic heterocycles. The van der Waals surface area contributed by atoms with E-state index < -0.39 is 15.9 Å². The molecule has 1 unspecified atom stereocenters. The summed E-state index contributed by atoms with van der Waals surface area (Å²) in [6, 6.07) is 14.1. The minimum atomic E-state index is -4.25. The van der Waals surface area contributed by atoms with Crippen LogP contribution in [0, 0.1) is 5.92 Å². The van der Waals surface area contributed by atoms with E-state index in [1.165, 1.54) is 23.8 Å². The van der Waals surface area contributed by atoms with Gasteiger partial charge in [0.25, 0.3) is 15.9 Å². The Hall–Kier alpha value is -3.46. The zero-order chi connectivity index (χ0) is 27.2. The molecular weight excluding hydrogens is 486 g/mol. The number of pyridine rings is 2. The number of amides is 1. The lowest BCUT2D eigenvalue weighted by Gasteiger charge is -2.36. The fourth-order valence-electron chi connectivity index (χ4n) is 4.58. The van der Waals surface area contributed by atoms with E-state index in [2.05, 4.69) is 68.3 Å². The van der Waals surface area contributed by atoms with Gasteiger partial charge in [-0.15, -0.1) is 0 Å². The fraction of sp³-hybridized carbons (Fsp3) is 0.393. The maximum absolute atomic E-state index is 13.5. The highest BCUT2D eigenvalue weighted by Gasteiger charge is 2.41. The van der Waals surface area contributed by atoms with Gasteiger partial charge in [-0.1, -0.05) is 58.0 Å². The van der Waals surface area contributed by atoms with Crippen LogP contribution in [-0.2, 0) is 15.4 Å². The highest BCUT2D eigenvalue weighted by molar-refractivity contribution is 7.90. The van der Waals surface area contributed by atoms with Crippen LogP contribution in [0.5, 0.6) is 0 Å². The van der Waals surface area contributed by atoms with Gasteiger partial charge in [-0.3, -0.25) is 4.79 Å². The summed E-state index contributed by atoms with van der Waals surface area (Å²) in [5.41, 5.74) is 8.39. The minimum Gasteiger partial charge on any atom is -0.384 e. The van der Waals surface area contributed by atoms with Crippen molar-refractivity contribution in [1.82, 2.24) is 14.7 Å². The summed E-state index contributed by atoms with van der Waals surface area (Å²) >= 11 is 0. The third kappa shape index (κ3) is 5.32. The average molecular weight is 522 g/mol. The third-order valence-corrected chi connectivity index (χ3v) is 8.62. The first-order valence-electron chi connectivity index (χ1n) is 12.4. The quantitative estimate of drug-likeness (QED) is 0.497. The van der Waals surface area contributed by atoms with Gasteiger partial charge in [-0.2, -0.15) is 8.42 Å². The molecule has 3 aromatic rings. The number of benzene rings is 1. The molecule has 1 aliphatic heterocycles. The molecule has 0 bridgehead atoms. The van der Waals surface area contributed by atoms with Crippen molar-refractivity contribution in [2.75, 3.05) is 17.2 Å². The predicted octanol–water partition coefficient (Wildman–Crippen LogP) is 4.77. The van der Waals surface area contributed by atoms with Crippen molar-refractivity contribution in [2.45, 2.75) is 63.9 Å². The number of anilines is 2. The Morgan fingerprint density at radius 3 is 2.35 bits per heavy atom. The molecular formula is C28H35N5O3S. The van der Waals surface area contributed by atoms with Crippen LogP contribution in [-0.4, -0.2) is 36.4 Å². The molecule has 8 nitrogen and oxygen atoms in total. The van der Waals surface area contributed by atoms with Crippen molar-refractivity contribution in [3.05, 3.63) is 65.9 Å². The Bertz CT molecular complexity index is 1430. The van der Waals surface area contributed by atoms with Crippen molar-refractivity contribution >= 4 is 27.6 Å². The first kappa shape index (κ1) is 26.6. The van der Waals surface area contributed by atoms with E-state index in [1.807, 2.05) is 12.1 Å². The summed E-state index contributed by atoms with van der Waals surface area (Å²) in [6.45, 7) is 13.5. The Balaban J connectivity index is 1.77. The number of hydrogen-bond donors (Lipinski definition) is 2. The maximum atomic E-state index is 13.5. The van der Waals surface area contributed by atoms with E-state index in [1.54, 1.807) is 12.3 Å². The molecule has 0 saturated carbocycles. The van der Waals surface area contributed by atoms with Gasteiger partial charge >= 0.3 is 0 Å². The van der Waals surface area contributed by atoms with E-state index >= 15 is 0 Å². The number of nitrogen functional groups attached to an aromatic ring is 1. The van der Waals surface area contributed by atoms with Gasteiger partial charge in [0, 0.05) is 23.8 Å². The number of carbonyl (C=O) groups excluding carboxylic acids is 1. The molecule has 9 heteroatoms. The summed E-state index contributed by atoms with van der Waals surface area (Å²) in [5.74, 6) is 0.106. The highest BCUT2D eigenvalue weighted by atomic mass is 32.2. The summed E-state index contributed by atoms with van der Waals surface area (Å²) in [4.78, 5) is 24.2. The second-order valence-corrected chi connectivity index (χ2v) is 12.9. The monoisotopic (exact) mass is 521 g/mol. The number of hydrogen-bond acceptors (Lipinski definition) is 7. The molecule has 0 radical (unpaired) electrons. The maximum Gasteiger partial charge on any atom is 0.281 e. The number of carbonyl (C=O) groups is 1. The van der Waals surface area contributed by atoms with Gasteiger partial charge in [0.15, 0.2) is 5.03 Å². The van der Waals surface area contributed by atoms with Gasteiger partial charge < -0.3 is 10.6 Å². The molecule has 1 saturated heterocycles. The molecule has 1 amide bonds. The Kier molecular flexibility index (Phi) is 6.79. The van der Waals surface area contributed by atoms with Gasteiger partial charge in [0.1, 0.15) is 11.6 Å². The van der Waals surface area contributed by atoms with E-state index in [0.717, 1.165) is 17.5 Å².